The molecule has 1 saturated heterocycles. The third kappa shape index (κ3) is 4.89. The Kier molecular flexibility index (Phi) is 6.85. The number of aliphatic hydroxyl groups excluding tert-OH is 1. The summed E-state index contributed by atoms with van der Waals surface area (Å²) in [7, 11) is 0. The number of ether oxygens (including phenoxy) is 1. The van der Waals surface area contributed by atoms with Gasteiger partial charge in [0.15, 0.2) is 5.65 Å². The van der Waals surface area contributed by atoms with Crippen molar-refractivity contribution in [3.05, 3.63) is 67.1 Å². The van der Waals surface area contributed by atoms with Crippen LogP contribution in [0.25, 0.3) is 22.3 Å². The van der Waals surface area contributed by atoms with Crippen molar-refractivity contribution in [2.24, 2.45) is 0 Å². The number of carbonyl (C=O) groups is 1. The van der Waals surface area contributed by atoms with Crippen molar-refractivity contribution in [1.82, 2.24) is 29.6 Å². The van der Waals surface area contributed by atoms with Gasteiger partial charge >= 0.3 is 0 Å². The number of nitrogens with zero attached hydrogens (tertiary/aromatic N) is 6. The number of rotatable bonds is 7. The molecule has 4 aromatic rings. The largest absolute Gasteiger partial charge is 0.439 e. The molecule has 5 rings (SSSR count). The predicted octanol–water partition coefficient (Wildman–Crippen LogP) is 3.36. The van der Waals surface area contributed by atoms with Crippen LogP contribution in [0.4, 0.5) is 5.82 Å². The Labute approximate surface area is 208 Å². The molecule has 0 radical (unpaired) electrons. The van der Waals surface area contributed by atoms with Gasteiger partial charge in [-0.2, -0.15) is 5.10 Å². The second-order valence-corrected chi connectivity index (χ2v) is 8.55. The van der Waals surface area contributed by atoms with Crippen LogP contribution in [0, 0.1) is 0 Å². The van der Waals surface area contributed by atoms with E-state index in [2.05, 4.69) is 15.0 Å². The summed E-state index contributed by atoms with van der Waals surface area (Å²) < 4.78 is 7.66. The minimum absolute atomic E-state index is 0.0177. The van der Waals surface area contributed by atoms with Gasteiger partial charge in [0, 0.05) is 37.5 Å². The summed E-state index contributed by atoms with van der Waals surface area (Å²) in [4.78, 5) is 27.5. The van der Waals surface area contributed by atoms with E-state index in [1.165, 1.54) is 12.4 Å². The van der Waals surface area contributed by atoms with Crippen LogP contribution in [-0.4, -0.2) is 60.3 Å². The number of piperidine rings is 1. The van der Waals surface area contributed by atoms with Crippen LogP contribution >= 0.6 is 0 Å². The zero-order valence-corrected chi connectivity index (χ0v) is 19.7. The van der Waals surface area contributed by atoms with Crippen molar-refractivity contribution in [3.63, 3.8) is 0 Å². The number of aromatic nitrogens is 5. The van der Waals surface area contributed by atoms with Gasteiger partial charge in [-0.3, -0.25) is 4.79 Å². The van der Waals surface area contributed by atoms with E-state index in [0.717, 1.165) is 18.4 Å². The molecule has 0 spiro atoms. The predicted molar refractivity (Wildman–Crippen MR) is 135 cm³/mol. The molecule has 0 bridgehead atoms. The Morgan fingerprint density at radius 1 is 1.17 bits per heavy atom. The number of nitrogens with two attached hydrogens (primary N) is 1. The lowest BCUT2D eigenvalue weighted by molar-refractivity contribution is -0.127. The van der Waals surface area contributed by atoms with Gasteiger partial charge in [-0.25, -0.2) is 19.6 Å². The number of aliphatic hydroxyl groups is 1. The molecule has 1 aromatic carbocycles. The van der Waals surface area contributed by atoms with Crippen LogP contribution in [0.3, 0.4) is 0 Å². The molecule has 10 nitrogen and oxygen atoms in total. The van der Waals surface area contributed by atoms with Gasteiger partial charge in [0.25, 0.3) is 0 Å². The Morgan fingerprint density at radius 2 is 2.03 bits per heavy atom. The Bertz CT molecular complexity index is 1370. The highest BCUT2D eigenvalue weighted by atomic mass is 16.5. The molecule has 0 aliphatic carbocycles. The molecule has 1 aliphatic heterocycles. The van der Waals surface area contributed by atoms with Gasteiger partial charge in [-0.05, 0) is 43.5 Å². The van der Waals surface area contributed by atoms with Crippen LogP contribution in [0.1, 0.15) is 25.3 Å². The van der Waals surface area contributed by atoms with Crippen LogP contribution < -0.4 is 10.5 Å². The highest BCUT2D eigenvalue weighted by molar-refractivity contribution is 5.98. The van der Waals surface area contributed by atoms with Gasteiger partial charge in [0.1, 0.15) is 23.6 Å². The first-order valence-corrected chi connectivity index (χ1v) is 11.9. The minimum Gasteiger partial charge on any atom is -0.439 e. The minimum atomic E-state index is -0.0721. The molecule has 3 N–H and O–H groups in total. The van der Waals surface area contributed by atoms with Crippen LogP contribution in [0.5, 0.6) is 11.6 Å². The fourth-order valence-electron chi connectivity index (χ4n) is 4.36. The number of fused-ring (bicyclic) bond motifs is 1. The monoisotopic (exact) mass is 485 g/mol. The Balaban J connectivity index is 1.44. The van der Waals surface area contributed by atoms with Crippen LogP contribution in [-0.2, 0) is 4.79 Å². The number of pyridine rings is 1. The molecule has 10 heteroatoms. The fourth-order valence-corrected chi connectivity index (χ4v) is 4.36. The average Bonchev–Trinajstić information content (AvgIpc) is 3.31. The SMILES string of the molecule is Nc1ncnc2c1c(-c1ccc(Oc3ccccc3)nc1)nn2[C@@H]1CCCN(C(=O)/C=C/CCO)C1. The van der Waals surface area contributed by atoms with Gasteiger partial charge in [0.05, 0.1) is 11.4 Å². The quantitative estimate of drug-likeness (QED) is 0.381. The van der Waals surface area contributed by atoms with Crippen molar-refractivity contribution >= 4 is 22.8 Å². The maximum Gasteiger partial charge on any atom is 0.246 e. The van der Waals surface area contributed by atoms with E-state index < -0.39 is 0 Å². The Morgan fingerprint density at radius 3 is 2.81 bits per heavy atom. The first kappa shape index (κ1) is 23.4. The average molecular weight is 486 g/mol. The van der Waals surface area contributed by atoms with E-state index in [4.69, 9.17) is 20.7 Å². The van der Waals surface area contributed by atoms with E-state index in [1.54, 1.807) is 23.2 Å². The molecular formula is C26H27N7O3. The van der Waals surface area contributed by atoms with E-state index in [9.17, 15) is 4.79 Å². The topological polar surface area (TPSA) is 132 Å². The first-order chi connectivity index (χ1) is 17.6. The molecular weight excluding hydrogens is 458 g/mol. The lowest BCUT2D eigenvalue weighted by atomic mass is 10.1. The lowest BCUT2D eigenvalue weighted by Crippen LogP contribution is -2.40. The number of para-hydroxylation sites is 1. The maximum absolute atomic E-state index is 12.6. The molecule has 4 heterocycles. The number of likely N-dealkylation sites (tertiary alicyclic amines) is 1. The van der Waals surface area contributed by atoms with E-state index in [1.807, 2.05) is 41.1 Å². The maximum atomic E-state index is 12.6. The molecule has 0 saturated carbocycles. The Hall–Kier alpha value is -4.31. The fraction of sp³-hybridized carbons (Fsp3) is 0.269. The number of benzene rings is 1. The van der Waals surface area contributed by atoms with Crippen LogP contribution in [0.15, 0.2) is 67.1 Å². The summed E-state index contributed by atoms with van der Waals surface area (Å²) >= 11 is 0. The van der Waals surface area contributed by atoms with Gasteiger partial charge in [-0.15, -0.1) is 0 Å². The number of nitrogen functional groups attached to an aromatic ring is 1. The molecule has 3 aromatic heterocycles. The molecule has 184 valence electrons. The third-order valence-electron chi connectivity index (χ3n) is 6.10. The number of amides is 1. The molecule has 1 atom stereocenters. The van der Waals surface area contributed by atoms with E-state index >= 15 is 0 Å². The van der Waals surface area contributed by atoms with Crippen molar-refractivity contribution < 1.29 is 14.6 Å². The zero-order chi connectivity index (χ0) is 24.9. The second kappa shape index (κ2) is 10.5. The smallest absolute Gasteiger partial charge is 0.246 e. The number of carbonyl (C=O) groups excluding carboxylic acids is 1. The summed E-state index contributed by atoms with van der Waals surface area (Å²) in [6, 6.07) is 13.1. The summed E-state index contributed by atoms with van der Waals surface area (Å²) in [5, 5.41) is 14.5. The highest BCUT2D eigenvalue weighted by Gasteiger charge is 2.28. The zero-order valence-electron chi connectivity index (χ0n) is 19.7. The molecule has 1 fully saturated rings. The first-order valence-electron chi connectivity index (χ1n) is 11.9. The molecule has 0 unspecified atom stereocenters. The third-order valence-corrected chi connectivity index (χ3v) is 6.10. The summed E-state index contributed by atoms with van der Waals surface area (Å²) in [5.41, 5.74) is 8.28. The standard InChI is InChI=1S/C26H27N7O3/c27-25-23-24(18-11-12-21(28-15-18)36-20-8-2-1-3-9-20)31-33(26(23)30-17-29-25)19-7-6-13-32(16-19)22(35)10-4-5-14-34/h1-4,8-12,15,17,19,34H,5-7,13-14,16H2,(H2,27,29,30)/b10-4+/t19-/m1/s1. The summed E-state index contributed by atoms with van der Waals surface area (Å²) in [6.45, 7) is 1.20. The number of hydrogen-bond acceptors (Lipinski definition) is 8. The lowest BCUT2D eigenvalue weighted by Gasteiger charge is -2.32. The molecule has 1 amide bonds. The van der Waals surface area contributed by atoms with Crippen molar-refractivity contribution in [1.29, 1.82) is 0 Å². The molecule has 36 heavy (non-hydrogen) atoms. The van der Waals surface area contributed by atoms with E-state index in [-0.39, 0.29) is 18.6 Å². The van der Waals surface area contributed by atoms with Crippen LogP contribution in [0.2, 0.25) is 0 Å². The summed E-state index contributed by atoms with van der Waals surface area (Å²) in [5.74, 6) is 1.43. The van der Waals surface area contributed by atoms with Gasteiger partial charge < -0.3 is 20.5 Å². The van der Waals surface area contributed by atoms with Crippen molar-refractivity contribution in [2.45, 2.75) is 25.3 Å². The van der Waals surface area contributed by atoms with Gasteiger partial charge in [0.2, 0.25) is 11.8 Å². The van der Waals surface area contributed by atoms with E-state index in [0.29, 0.717) is 53.7 Å². The van der Waals surface area contributed by atoms with Crippen molar-refractivity contribution in [2.75, 3.05) is 25.4 Å². The highest BCUT2D eigenvalue weighted by Crippen LogP contribution is 2.34. The number of hydrogen-bond donors (Lipinski definition) is 2. The number of anilines is 1. The molecule has 1 aliphatic rings. The summed E-state index contributed by atoms with van der Waals surface area (Å²) in [6.07, 6.45) is 8.49. The van der Waals surface area contributed by atoms with Gasteiger partial charge in [-0.1, -0.05) is 24.3 Å². The second-order valence-electron chi connectivity index (χ2n) is 8.55. The van der Waals surface area contributed by atoms with Crippen molar-refractivity contribution in [3.8, 4) is 22.9 Å². The normalized spacial score (nSPS) is 16.0.